The standard InChI is InChI=1S/C10H8ClNO3/c11-7-3-1-6(2-4-7)8-5-9(10(13)14)15-12-8/h1-5,9,12H,(H,13,14). The Bertz CT molecular complexity index is 413. The van der Waals surface area contributed by atoms with Crippen LogP contribution in [0.15, 0.2) is 30.3 Å². The molecular formula is C10H8ClNO3. The number of nitrogens with one attached hydrogen (secondary N) is 1. The molecular weight excluding hydrogens is 218 g/mol. The van der Waals surface area contributed by atoms with Crippen molar-refractivity contribution in [3.8, 4) is 0 Å². The van der Waals surface area contributed by atoms with E-state index in [2.05, 4.69) is 5.48 Å². The van der Waals surface area contributed by atoms with Gasteiger partial charge in [-0.1, -0.05) is 23.7 Å². The molecule has 78 valence electrons. The van der Waals surface area contributed by atoms with Crippen LogP contribution in [-0.4, -0.2) is 17.2 Å². The Morgan fingerprint density at radius 2 is 2.07 bits per heavy atom. The lowest BCUT2D eigenvalue weighted by Gasteiger charge is -2.03. The molecule has 2 rings (SSSR count). The molecule has 0 spiro atoms. The summed E-state index contributed by atoms with van der Waals surface area (Å²) in [6, 6.07) is 7.03. The fourth-order valence-corrected chi connectivity index (χ4v) is 1.38. The normalized spacial score (nSPS) is 19.5. The minimum absolute atomic E-state index is 0.632. The van der Waals surface area contributed by atoms with Gasteiger partial charge in [-0.15, -0.1) is 0 Å². The zero-order valence-corrected chi connectivity index (χ0v) is 8.36. The van der Waals surface area contributed by atoms with Gasteiger partial charge in [0.1, 0.15) is 0 Å². The minimum atomic E-state index is -1.02. The Morgan fingerprint density at radius 3 is 2.60 bits per heavy atom. The molecule has 0 saturated heterocycles. The number of benzene rings is 1. The van der Waals surface area contributed by atoms with Crippen molar-refractivity contribution in [2.75, 3.05) is 0 Å². The Hall–Kier alpha value is -1.52. The molecule has 1 heterocycles. The number of rotatable bonds is 2. The van der Waals surface area contributed by atoms with E-state index in [-0.39, 0.29) is 0 Å². The van der Waals surface area contributed by atoms with Gasteiger partial charge in [0.2, 0.25) is 6.10 Å². The summed E-state index contributed by atoms with van der Waals surface area (Å²) in [5.41, 5.74) is 4.04. The number of carboxylic acids is 1. The molecule has 15 heavy (non-hydrogen) atoms. The second-order valence-electron chi connectivity index (χ2n) is 3.07. The zero-order chi connectivity index (χ0) is 10.8. The van der Waals surface area contributed by atoms with E-state index in [1.807, 2.05) is 0 Å². The SMILES string of the molecule is O=C(O)C1C=C(c2ccc(Cl)cc2)NO1. The number of hydroxylamine groups is 1. The summed E-state index contributed by atoms with van der Waals surface area (Å²) in [5.74, 6) is -1.02. The lowest BCUT2D eigenvalue weighted by Crippen LogP contribution is -2.20. The van der Waals surface area contributed by atoms with E-state index in [4.69, 9.17) is 21.5 Å². The molecule has 0 saturated carbocycles. The first-order valence-electron chi connectivity index (χ1n) is 4.29. The maximum atomic E-state index is 10.6. The van der Waals surface area contributed by atoms with Crippen molar-refractivity contribution in [1.29, 1.82) is 0 Å². The van der Waals surface area contributed by atoms with Crippen LogP contribution in [0.1, 0.15) is 5.56 Å². The molecule has 1 aromatic carbocycles. The summed E-state index contributed by atoms with van der Waals surface area (Å²) in [5, 5.41) is 9.32. The molecule has 1 aliphatic rings. The maximum absolute atomic E-state index is 10.6. The topological polar surface area (TPSA) is 58.6 Å². The molecule has 0 amide bonds. The number of hydrogen-bond donors (Lipinski definition) is 2. The van der Waals surface area contributed by atoms with Gasteiger partial charge in [-0.05, 0) is 23.8 Å². The Balaban J connectivity index is 2.22. The number of aliphatic carboxylic acids is 1. The third-order valence-corrected chi connectivity index (χ3v) is 2.26. The van der Waals surface area contributed by atoms with Gasteiger partial charge < -0.3 is 5.11 Å². The summed E-state index contributed by atoms with van der Waals surface area (Å²) in [6.45, 7) is 0. The van der Waals surface area contributed by atoms with Crippen LogP contribution in [0.25, 0.3) is 5.70 Å². The van der Waals surface area contributed by atoms with Crippen molar-refractivity contribution < 1.29 is 14.7 Å². The van der Waals surface area contributed by atoms with E-state index in [0.717, 1.165) is 5.56 Å². The van der Waals surface area contributed by atoms with Crippen molar-refractivity contribution in [3.63, 3.8) is 0 Å². The molecule has 1 aromatic rings. The van der Waals surface area contributed by atoms with Crippen LogP contribution in [0, 0.1) is 0 Å². The van der Waals surface area contributed by atoms with Crippen molar-refractivity contribution in [2.24, 2.45) is 0 Å². The second kappa shape index (κ2) is 3.92. The van der Waals surface area contributed by atoms with E-state index < -0.39 is 12.1 Å². The van der Waals surface area contributed by atoms with E-state index in [1.165, 1.54) is 6.08 Å². The lowest BCUT2D eigenvalue weighted by molar-refractivity contribution is -0.148. The Morgan fingerprint density at radius 1 is 1.40 bits per heavy atom. The van der Waals surface area contributed by atoms with Gasteiger partial charge in [-0.2, -0.15) is 0 Å². The quantitative estimate of drug-likeness (QED) is 0.804. The minimum Gasteiger partial charge on any atom is -0.479 e. The highest BCUT2D eigenvalue weighted by atomic mass is 35.5. The van der Waals surface area contributed by atoms with E-state index in [9.17, 15) is 4.79 Å². The Kier molecular flexibility index (Phi) is 2.62. The third kappa shape index (κ3) is 2.11. The van der Waals surface area contributed by atoms with Crippen LogP contribution in [0.4, 0.5) is 0 Å². The highest BCUT2D eigenvalue weighted by molar-refractivity contribution is 6.30. The van der Waals surface area contributed by atoms with Crippen molar-refractivity contribution in [3.05, 3.63) is 40.9 Å². The van der Waals surface area contributed by atoms with Gasteiger partial charge in [0.15, 0.2) is 0 Å². The lowest BCUT2D eigenvalue weighted by atomic mass is 10.1. The average molecular weight is 226 g/mol. The first-order valence-corrected chi connectivity index (χ1v) is 4.67. The zero-order valence-electron chi connectivity index (χ0n) is 7.61. The van der Waals surface area contributed by atoms with Gasteiger partial charge in [0.05, 0.1) is 5.70 Å². The predicted molar refractivity (Wildman–Crippen MR) is 55.1 cm³/mol. The van der Waals surface area contributed by atoms with E-state index in [1.54, 1.807) is 24.3 Å². The number of hydrogen-bond acceptors (Lipinski definition) is 3. The van der Waals surface area contributed by atoms with Gasteiger partial charge in [0, 0.05) is 5.02 Å². The first-order chi connectivity index (χ1) is 7.16. The summed E-state index contributed by atoms with van der Waals surface area (Å²) >= 11 is 5.73. The fraction of sp³-hybridized carbons (Fsp3) is 0.100. The first kappa shape index (κ1) is 10.0. The molecule has 1 unspecified atom stereocenters. The van der Waals surface area contributed by atoms with Gasteiger partial charge in [-0.3, -0.25) is 10.3 Å². The van der Waals surface area contributed by atoms with Crippen LogP contribution in [0.3, 0.4) is 0 Å². The number of halogens is 1. The summed E-state index contributed by atoms with van der Waals surface area (Å²) < 4.78 is 0. The monoisotopic (exact) mass is 225 g/mol. The second-order valence-corrected chi connectivity index (χ2v) is 3.50. The molecule has 0 fully saturated rings. The van der Waals surface area contributed by atoms with Gasteiger partial charge >= 0.3 is 5.97 Å². The number of carboxylic acid groups (broad SMARTS) is 1. The van der Waals surface area contributed by atoms with Crippen molar-refractivity contribution in [1.82, 2.24) is 5.48 Å². The summed E-state index contributed by atoms with van der Waals surface area (Å²) in [4.78, 5) is 15.4. The van der Waals surface area contributed by atoms with Gasteiger partial charge in [0.25, 0.3) is 0 Å². The molecule has 1 atom stereocenters. The molecule has 0 aliphatic carbocycles. The Labute approximate surface area is 91.1 Å². The number of carbonyl (C=O) groups is 1. The highest BCUT2D eigenvalue weighted by Crippen LogP contribution is 2.20. The molecule has 2 N–H and O–H groups in total. The van der Waals surface area contributed by atoms with Crippen molar-refractivity contribution >= 4 is 23.3 Å². The average Bonchev–Trinajstić information content (AvgIpc) is 2.68. The summed E-state index contributed by atoms with van der Waals surface area (Å²) in [7, 11) is 0. The van der Waals surface area contributed by atoms with Gasteiger partial charge in [-0.25, -0.2) is 4.79 Å². The summed E-state index contributed by atoms with van der Waals surface area (Å²) in [6.07, 6.45) is 0.571. The molecule has 0 bridgehead atoms. The van der Waals surface area contributed by atoms with Crippen molar-refractivity contribution in [2.45, 2.75) is 6.10 Å². The highest BCUT2D eigenvalue weighted by Gasteiger charge is 2.23. The predicted octanol–water partition coefficient (Wildman–Crippen LogP) is 1.67. The smallest absolute Gasteiger partial charge is 0.339 e. The van der Waals surface area contributed by atoms with Crippen LogP contribution in [0.2, 0.25) is 5.02 Å². The van der Waals surface area contributed by atoms with Crippen LogP contribution >= 0.6 is 11.6 Å². The molecule has 4 nitrogen and oxygen atoms in total. The third-order valence-electron chi connectivity index (χ3n) is 2.01. The van der Waals surface area contributed by atoms with Crippen LogP contribution in [0.5, 0.6) is 0 Å². The molecule has 1 aliphatic heterocycles. The maximum Gasteiger partial charge on any atom is 0.339 e. The molecule has 0 aromatic heterocycles. The van der Waals surface area contributed by atoms with Crippen LogP contribution < -0.4 is 5.48 Å². The molecule has 5 heteroatoms. The van der Waals surface area contributed by atoms with E-state index >= 15 is 0 Å². The fourth-order valence-electron chi connectivity index (χ4n) is 1.25. The largest absolute Gasteiger partial charge is 0.479 e. The van der Waals surface area contributed by atoms with E-state index in [0.29, 0.717) is 10.7 Å². The molecule has 0 radical (unpaired) electrons. The van der Waals surface area contributed by atoms with Crippen LogP contribution in [-0.2, 0) is 9.63 Å².